The van der Waals surface area contributed by atoms with Gasteiger partial charge in [-0.1, -0.05) is 75.1 Å². The van der Waals surface area contributed by atoms with Crippen LogP contribution in [-0.2, 0) is 32.2 Å². The van der Waals surface area contributed by atoms with E-state index in [2.05, 4.69) is 40.3 Å². The van der Waals surface area contributed by atoms with E-state index < -0.39 is 11.9 Å². The standard InChI is InChI=1S/C32H41F3N4/c1-2-3-19-39-29(30(32(33,34)35)37-31(39)26-13-8-5-9-14-26)23-38(21-24-11-6-4-7-12-24)22-25-16-17-28-27(20-25)15-10-18-36-28/h5,8-9,13-14,16-17,20,24,36H,2-4,6-7,10-12,15,18-19,21-23H2,1H3. The minimum atomic E-state index is -4.51. The van der Waals surface area contributed by atoms with Crippen molar-refractivity contribution in [3.8, 4) is 11.4 Å². The third-order valence-electron chi connectivity index (χ3n) is 8.24. The maximum absolute atomic E-state index is 14.5. The van der Waals surface area contributed by atoms with Gasteiger partial charge in [-0.25, -0.2) is 4.98 Å². The molecular weight excluding hydrogens is 497 g/mol. The number of halogens is 3. The van der Waals surface area contributed by atoms with Crippen molar-refractivity contribution in [2.24, 2.45) is 5.92 Å². The fourth-order valence-corrected chi connectivity index (χ4v) is 6.25. The van der Waals surface area contributed by atoms with Gasteiger partial charge in [0.1, 0.15) is 5.82 Å². The third-order valence-corrected chi connectivity index (χ3v) is 8.24. The summed E-state index contributed by atoms with van der Waals surface area (Å²) in [6.07, 6.45) is 5.34. The zero-order chi connectivity index (χ0) is 27.2. The number of hydrogen-bond acceptors (Lipinski definition) is 3. The number of benzene rings is 2. The molecule has 39 heavy (non-hydrogen) atoms. The van der Waals surface area contributed by atoms with Crippen molar-refractivity contribution in [3.63, 3.8) is 0 Å². The van der Waals surface area contributed by atoms with E-state index in [0.717, 1.165) is 57.2 Å². The molecule has 5 rings (SSSR count). The molecule has 1 fully saturated rings. The quantitative estimate of drug-likeness (QED) is 0.282. The molecular formula is C32H41F3N4. The molecule has 2 aliphatic rings. The van der Waals surface area contributed by atoms with Gasteiger partial charge >= 0.3 is 6.18 Å². The highest BCUT2D eigenvalue weighted by atomic mass is 19.4. The molecule has 210 valence electrons. The van der Waals surface area contributed by atoms with Crippen LogP contribution >= 0.6 is 0 Å². The second-order valence-corrected chi connectivity index (χ2v) is 11.3. The van der Waals surface area contributed by atoms with Gasteiger partial charge in [0.2, 0.25) is 0 Å². The zero-order valence-corrected chi connectivity index (χ0v) is 23.1. The Kier molecular flexibility index (Phi) is 8.96. The topological polar surface area (TPSA) is 33.1 Å². The van der Waals surface area contributed by atoms with Gasteiger partial charge < -0.3 is 9.88 Å². The lowest BCUT2D eigenvalue weighted by Crippen LogP contribution is -2.32. The minimum absolute atomic E-state index is 0.240. The summed E-state index contributed by atoms with van der Waals surface area (Å²) < 4.78 is 45.4. The number of aryl methyl sites for hydroxylation is 1. The predicted molar refractivity (Wildman–Crippen MR) is 152 cm³/mol. The summed E-state index contributed by atoms with van der Waals surface area (Å²) in [5, 5.41) is 3.47. The number of imidazole rings is 1. The number of aromatic nitrogens is 2. The number of anilines is 1. The van der Waals surface area contributed by atoms with E-state index >= 15 is 0 Å². The Morgan fingerprint density at radius 3 is 2.54 bits per heavy atom. The molecule has 0 unspecified atom stereocenters. The first-order valence-electron chi connectivity index (χ1n) is 14.7. The fraction of sp³-hybridized carbons (Fsp3) is 0.531. The molecule has 1 saturated carbocycles. The molecule has 0 bridgehead atoms. The summed E-state index contributed by atoms with van der Waals surface area (Å²) in [6.45, 7) is 5.29. The number of nitrogens with zero attached hydrogens (tertiary/aromatic N) is 3. The first-order valence-corrected chi connectivity index (χ1v) is 14.7. The molecule has 4 nitrogen and oxygen atoms in total. The average Bonchev–Trinajstić information content (AvgIpc) is 3.31. The second-order valence-electron chi connectivity index (χ2n) is 11.3. The largest absolute Gasteiger partial charge is 0.435 e. The van der Waals surface area contributed by atoms with Gasteiger partial charge in [-0.3, -0.25) is 4.90 Å². The van der Waals surface area contributed by atoms with Crippen molar-refractivity contribution < 1.29 is 13.2 Å². The van der Waals surface area contributed by atoms with E-state index in [1.54, 1.807) is 0 Å². The van der Waals surface area contributed by atoms with Gasteiger partial charge in [0.15, 0.2) is 5.69 Å². The van der Waals surface area contributed by atoms with Crippen molar-refractivity contribution in [2.45, 2.75) is 90.5 Å². The molecule has 0 radical (unpaired) electrons. The van der Waals surface area contributed by atoms with Crippen LogP contribution in [0.1, 0.15) is 80.8 Å². The maximum atomic E-state index is 14.5. The van der Waals surface area contributed by atoms with Crippen molar-refractivity contribution in [3.05, 3.63) is 71.0 Å². The summed E-state index contributed by atoms with van der Waals surface area (Å²) in [4.78, 5) is 6.53. The fourth-order valence-electron chi connectivity index (χ4n) is 6.25. The Labute approximate surface area is 230 Å². The molecule has 1 aromatic heterocycles. The first kappa shape index (κ1) is 27.8. The number of nitrogens with one attached hydrogen (secondary N) is 1. The minimum Gasteiger partial charge on any atom is -0.385 e. The molecule has 0 atom stereocenters. The van der Waals surface area contributed by atoms with Crippen LogP contribution in [0, 0.1) is 5.92 Å². The van der Waals surface area contributed by atoms with Gasteiger partial charge in [0.25, 0.3) is 0 Å². The SMILES string of the molecule is CCCCn1c(-c2ccccc2)nc(C(F)(F)F)c1CN(Cc1ccc2c(c1)CCCN2)CC1CCCCC1. The number of fused-ring (bicyclic) bond motifs is 1. The summed E-state index contributed by atoms with van der Waals surface area (Å²) in [7, 11) is 0. The highest BCUT2D eigenvalue weighted by Gasteiger charge is 2.39. The van der Waals surface area contributed by atoms with Crippen LogP contribution in [0.25, 0.3) is 11.4 Å². The second kappa shape index (κ2) is 12.6. The average molecular weight is 539 g/mol. The van der Waals surface area contributed by atoms with Gasteiger partial charge in [-0.2, -0.15) is 13.2 Å². The molecule has 1 aliphatic heterocycles. The van der Waals surface area contributed by atoms with E-state index in [1.807, 2.05) is 34.9 Å². The van der Waals surface area contributed by atoms with Crippen LogP contribution in [0.4, 0.5) is 18.9 Å². The van der Waals surface area contributed by atoms with Crippen LogP contribution in [-0.4, -0.2) is 27.5 Å². The van der Waals surface area contributed by atoms with Gasteiger partial charge in [0, 0.05) is 44.0 Å². The molecule has 0 saturated heterocycles. The van der Waals surface area contributed by atoms with Crippen molar-refractivity contribution in [1.82, 2.24) is 14.5 Å². The van der Waals surface area contributed by atoms with Crippen LogP contribution in [0.3, 0.4) is 0 Å². The summed E-state index contributed by atoms with van der Waals surface area (Å²) in [5.74, 6) is 0.942. The van der Waals surface area contributed by atoms with Crippen molar-refractivity contribution in [2.75, 3.05) is 18.4 Å². The smallest absolute Gasteiger partial charge is 0.385 e. The molecule has 2 aromatic carbocycles. The Morgan fingerprint density at radius 1 is 1.00 bits per heavy atom. The zero-order valence-electron chi connectivity index (χ0n) is 23.1. The van der Waals surface area contributed by atoms with Crippen molar-refractivity contribution in [1.29, 1.82) is 0 Å². The Balaban J connectivity index is 1.52. The van der Waals surface area contributed by atoms with E-state index in [4.69, 9.17) is 0 Å². The van der Waals surface area contributed by atoms with E-state index in [1.165, 1.54) is 36.1 Å². The number of rotatable bonds is 10. The summed E-state index contributed by atoms with van der Waals surface area (Å²) >= 11 is 0. The van der Waals surface area contributed by atoms with Crippen LogP contribution in [0.15, 0.2) is 48.5 Å². The highest BCUT2D eigenvalue weighted by molar-refractivity contribution is 5.57. The molecule has 2 heterocycles. The molecule has 3 aromatic rings. The highest BCUT2D eigenvalue weighted by Crippen LogP contribution is 2.36. The number of hydrogen-bond donors (Lipinski definition) is 1. The van der Waals surface area contributed by atoms with Gasteiger partial charge in [0.05, 0.1) is 5.69 Å². The van der Waals surface area contributed by atoms with E-state index in [9.17, 15) is 13.2 Å². The monoisotopic (exact) mass is 538 g/mol. The normalized spacial score (nSPS) is 16.3. The van der Waals surface area contributed by atoms with Crippen molar-refractivity contribution >= 4 is 5.69 Å². The Morgan fingerprint density at radius 2 is 1.79 bits per heavy atom. The molecule has 1 aliphatic carbocycles. The summed E-state index contributed by atoms with van der Waals surface area (Å²) in [5.41, 5.74) is 3.96. The molecule has 0 amide bonds. The predicted octanol–water partition coefficient (Wildman–Crippen LogP) is 8.31. The lowest BCUT2D eigenvalue weighted by molar-refractivity contribution is -0.141. The van der Waals surface area contributed by atoms with E-state index in [0.29, 0.717) is 30.5 Å². The maximum Gasteiger partial charge on any atom is 0.435 e. The lowest BCUT2D eigenvalue weighted by Gasteiger charge is -2.31. The Bertz CT molecular complexity index is 1210. The lowest BCUT2D eigenvalue weighted by atomic mass is 9.88. The Hall–Kier alpha value is -2.80. The number of alkyl halides is 3. The molecule has 1 N–H and O–H groups in total. The van der Waals surface area contributed by atoms with Crippen LogP contribution < -0.4 is 5.32 Å². The molecule has 7 heteroatoms. The van der Waals surface area contributed by atoms with Gasteiger partial charge in [-0.05, 0) is 55.2 Å². The molecule has 0 spiro atoms. The summed E-state index contributed by atoms with van der Waals surface area (Å²) in [6, 6.07) is 15.9. The third kappa shape index (κ3) is 6.86. The number of unbranched alkanes of at least 4 members (excludes halogenated alkanes) is 1. The van der Waals surface area contributed by atoms with Gasteiger partial charge in [-0.15, -0.1) is 0 Å². The van der Waals surface area contributed by atoms with Crippen LogP contribution in [0.2, 0.25) is 0 Å². The van der Waals surface area contributed by atoms with E-state index in [-0.39, 0.29) is 6.54 Å². The van der Waals surface area contributed by atoms with Crippen LogP contribution in [0.5, 0.6) is 0 Å². The first-order chi connectivity index (χ1) is 18.9.